The minimum atomic E-state index is -3.48. The zero-order valence-corrected chi connectivity index (χ0v) is 72.9. The van der Waals surface area contributed by atoms with E-state index >= 15 is 0 Å². The molecule has 0 aromatic carbocycles. The second-order valence-electron chi connectivity index (χ2n) is 22.3. The summed E-state index contributed by atoms with van der Waals surface area (Å²) in [5, 5.41) is 0. The second-order valence-corrected chi connectivity index (χ2v) is 67.6. The van der Waals surface area contributed by atoms with Crippen LogP contribution in [0.4, 0.5) is 0 Å². The van der Waals surface area contributed by atoms with Crippen LogP contribution in [0.2, 0.25) is 145 Å². The lowest BCUT2D eigenvalue weighted by molar-refractivity contribution is 0.166. The van der Waals surface area contributed by atoms with Crippen LogP contribution in [0.15, 0.2) is 0 Å². The third kappa shape index (κ3) is 36.2. The fraction of sp³-hybridized carbons (Fsp3) is 1.00. The summed E-state index contributed by atoms with van der Waals surface area (Å²) in [5.74, 6) is 0. The van der Waals surface area contributed by atoms with Crippen molar-refractivity contribution in [3.05, 3.63) is 0 Å². The maximum absolute atomic E-state index is 7.34. The van der Waals surface area contributed by atoms with Gasteiger partial charge in [-0.3, -0.25) is 0 Å². The third-order valence-electron chi connectivity index (χ3n) is 13.3. The highest BCUT2D eigenvalue weighted by Crippen LogP contribution is 2.27. The van der Waals surface area contributed by atoms with E-state index in [1.807, 2.05) is 0 Å². The molecule has 4 heterocycles. The smallest absolute Gasteiger partial charge is 0.442 e. The summed E-state index contributed by atoms with van der Waals surface area (Å²) >= 11 is 0. The van der Waals surface area contributed by atoms with Crippen molar-refractivity contribution in [2.75, 3.05) is 0 Å². The van der Waals surface area contributed by atoms with E-state index in [4.69, 9.17) is 74.4 Å². The van der Waals surface area contributed by atoms with Gasteiger partial charge >= 0.3 is 46.2 Å². The van der Waals surface area contributed by atoms with Gasteiger partial charge in [0, 0.05) is 6.10 Å². The van der Waals surface area contributed by atoms with Gasteiger partial charge in [-0.25, -0.2) is 0 Å². The second kappa shape index (κ2) is 43.4. The Morgan fingerprint density at radius 3 is 1.16 bits per heavy atom. The van der Waals surface area contributed by atoms with Gasteiger partial charge in [-0.15, -0.1) is 0 Å². The zero-order chi connectivity index (χ0) is 57.5. The molecule has 4 fully saturated rings. The molecule has 0 aromatic heterocycles. The first-order chi connectivity index (χ1) is 37.7. The van der Waals surface area contributed by atoms with Crippen LogP contribution >= 0.6 is 0 Å². The molecule has 0 amide bonds. The first kappa shape index (κ1) is 75.1. The monoisotopic (exact) mass is 1450 g/mol. The number of rotatable bonds is 36. The maximum atomic E-state index is 7.34. The normalized spacial score (nSPS) is 31.1. The summed E-state index contributed by atoms with van der Waals surface area (Å²) in [4.78, 5) is 0. The van der Waals surface area contributed by atoms with Crippen LogP contribution in [-0.4, -0.2) is 191 Å². The summed E-state index contributed by atoms with van der Waals surface area (Å²) in [6, 6.07) is 9.08. The van der Waals surface area contributed by atoms with Crippen LogP contribution in [0, 0.1) is 0 Å². The lowest BCUT2D eigenvalue weighted by atomic mass is 10.2. The molecule has 18 nitrogen and oxygen atoms in total. The van der Waals surface area contributed by atoms with E-state index < -0.39 is 156 Å². The Balaban J connectivity index is 1.33. The van der Waals surface area contributed by atoms with Gasteiger partial charge in [0.1, 0.15) is 0 Å². The maximum Gasteiger partial charge on any atom is 0.636 e. The van der Waals surface area contributed by atoms with E-state index in [1.54, 1.807) is 0 Å². The van der Waals surface area contributed by atoms with Gasteiger partial charge in [0.05, 0.1) is 0 Å². The van der Waals surface area contributed by atoms with Crippen molar-refractivity contribution in [3.63, 3.8) is 0 Å². The molecular weight excluding hydrogens is 1340 g/mol. The minimum Gasteiger partial charge on any atom is -0.442 e. The van der Waals surface area contributed by atoms with E-state index in [0.29, 0.717) is 0 Å². The van der Waals surface area contributed by atoms with Gasteiger partial charge in [0.2, 0.25) is 29.3 Å². The first-order valence-electron chi connectivity index (χ1n) is 30.4. The first-order valence-corrected chi connectivity index (χ1v) is 68.7. The summed E-state index contributed by atoms with van der Waals surface area (Å²) in [6.07, 6.45) is 18.3. The van der Waals surface area contributed by atoms with Gasteiger partial charge in [-0.1, -0.05) is 103 Å². The van der Waals surface area contributed by atoms with Crippen LogP contribution in [0.25, 0.3) is 0 Å². The Kier molecular flexibility index (Phi) is 41.2. The van der Waals surface area contributed by atoms with E-state index in [-0.39, 0.29) is 35.4 Å². The van der Waals surface area contributed by atoms with Crippen LogP contribution < -0.4 is 0 Å². The van der Waals surface area contributed by atoms with E-state index in [0.717, 1.165) is 151 Å². The summed E-state index contributed by atoms with van der Waals surface area (Å²) in [5.41, 5.74) is 1.22. The quantitative estimate of drug-likeness (QED) is 0.0461. The highest BCUT2D eigenvalue weighted by molar-refractivity contribution is 6.83. The van der Waals surface area contributed by atoms with Crippen LogP contribution in [0.3, 0.4) is 0 Å². The lowest BCUT2D eigenvalue weighted by Gasteiger charge is -2.36. The summed E-state index contributed by atoms with van der Waals surface area (Å²) in [6.45, 7) is 30.8. The molecule has 4 aliphatic rings. The van der Waals surface area contributed by atoms with Crippen molar-refractivity contribution in [1.82, 2.24) is 0 Å². The minimum absolute atomic E-state index is 0.242. The molecule has 0 bridgehead atoms. The fourth-order valence-corrected chi connectivity index (χ4v) is 69.0. The van der Waals surface area contributed by atoms with Crippen LogP contribution in [-0.2, 0) is 74.4 Å². The molecule has 11 atom stereocenters. The predicted octanol–water partition coefficient (Wildman–Crippen LogP) is 7.08. The molecule has 0 N–H and O–H groups in total. The van der Waals surface area contributed by atoms with Crippen LogP contribution in [0.5, 0.6) is 0 Å². The van der Waals surface area contributed by atoms with Crippen molar-refractivity contribution in [2.45, 2.75) is 261 Å². The molecule has 79 heavy (non-hydrogen) atoms. The number of hydrogen-bond donors (Lipinski definition) is 0. The van der Waals surface area contributed by atoms with Crippen molar-refractivity contribution >= 4 is 185 Å². The molecule has 11 unspecified atom stereocenters. The third-order valence-corrected chi connectivity index (χ3v) is 70.8. The largest absolute Gasteiger partial charge is 0.636 e. The molecule has 458 valence electrons. The van der Waals surface area contributed by atoms with E-state index in [1.165, 1.54) is 12.1 Å². The molecule has 0 aliphatic carbocycles. The molecule has 38 heteroatoms. The predicted molar refractivity (Wildman–Crippen MR) is 358 cm³/mol. The van der Waals surface area contributed by atoms with Gasteiger partial charge in [0.15, 0.2) is 35.4 Å². The molecule has 4 rings (SSSR count). The highest BCUT2D eigenvalue weighted by atomic mass is 28.5. The Morgan fingerprint density at radius 1 is 0.392 bits per heavy atom. The summed E-state index contributed by atoms with van der Waals surface area (Å²) < 4.78 is 117. The van der Waals surface area contributed by atoms with Crippen molar-refractivity contribution in [3.8, 4) is 0 Å². The molecular formula is C41H106O18Si20. The zero-order valence-electron chi connectivity index (χ0n) is 51.2. The highest BCUT2D eigenvalue weighted by Gasteiger charge is 2.49. The van der Waals surface area contributed by atoms with Crippen molar-refractivity contribution < 1.29 is 74.4 Å². The van der Waals surface area contributed by atoms with Gasteiger partial charge in [0.25, 0.3) is 74.3 Å². The molecule has 0 aromatic rings. The average Bonchev–Trinajstić information content (AvgIpc) is 3.33. The van der Waals surface area contributed by atoms with E-state index in [9.17, 15) is 0 Å². The van der Waals surface area contributed by atoms with Gasteiger partial charge < -0.3 is 74.4 Å². The van der Waals surface area contributed by atoms with Gasteiger partial charge in [-0.2, -0.15) is 0 Å². The Morgan fingerprint density at radius 2 is 0.734 bits per heavy atom. The topological polar surface area (TPSA) is 166 Å². The standard InChI is InChI=1S/C41H106O18Si20/c1-41-39-63(2)46-66(5)53-74(42-41)34-26-18-15-23-31-60-43-79(44-61-32-24-16-19-27-35-75-48-65(4)40-64(3)47-67(6)54-75,45-62-33-25-17-20-28-36-76-55-70(9)49-68(7)50-71(10)56-76)59-78(13,14)38-30-22-21-29-37-77-57-72(11)51-69(8)52-73(12)58-77/h41,63-73H,15-40H2,1-14H3. The Hall–Kier alpha value is 3.62. The fourth-order valence-electron chi connectivity index (χ4n) is 9.82. The molecule has 4 aliphatic heterocycles. The number of unbranched alkanes of at least 4 members (excludes halogenated alkanes) is 12. The molecule has 0 spiro atoms. The molecule has 10 radical (unpaired) electrons. The van der Waals surface area contributed by atoms with E-state index in [2.05, 4.69) is 92.0 Å². The molecule has 4 saturated heterocycles. The van der Waals surface area contributed by atoms with Gasteiger partial charge in [-0.05, 0) is 152 Å². The molecule has 0 saturated carbocycles. The number of hydrogen-bond acceptors (Lipinski definition) is 18. The van der Waals surface area contributed by atoms with Crippen LogP contribution in [0.1, 0.15) is 110 Å². The Labute approximate surface area is 516 Å². The average molecular weight is 1450 g/mol. The SMILES string of the molecule is CC1C[SiH](C)O[SiH](C)O[Si](CCCCCC[Si]O[Si](O[Si]CCCCCC[Si]2O[SiH](C)C[SiH](C)O[SiH](C)O2)(O[Si]CCCCCC[Si]2O[SiH](C)O[SiH](C)O[SiH](C)O2)O[Si](C)(C)CCCCCC[Si]2O[SiH](C)O[SiH](C)O[SiH](C)O2)O1. The summed E-state index contributed by atoms with van der Waals surface area (Å²) in [7, 11) is -26.9. The van der Waals surface area contributed by atoms with Crippen molar-refractivity contribution in [2.24, 2.45) is 0 Å². The lowest BCUT2D eigenvalue weighted by Crippen LogP contribution is -2.57. The Bertz CT molecular complexity index is 1380. The van der Waals surface area contributed by atoms with Crippen molar-refractivity contribution in [1.29, 1.82) is 0 Å².